The maximum absolute atomic E-state index is 6.31. The van der Waals surface area contributed by atoms with Crippen LogP contribution in [0.15, 0.2) is 24.3 Å². The summed E-state index contributed by atoms with van der Waals surface area (Å²) >= 11 is 0. The van der Waals surface area contributed by atoms with Gasteiger partial charge in [-0.05, 0) is 80.0 Å². The van der Waals surface area contributed by atoms with Crippen LogP contribution in [0.25, 0.3) is 0 Å². The molecule has 3 heteroatoms. The molecule has 0 aliphatic heterocycles. The Hall–Kier alpha value is -1.22. The van der Waals surface area contributed by atoms with Gasteiger partial charge in [0, 0.05) is 12.2 Å². The van der Waals surface area contributed by atoms with E-state index in [2.05, 4.69) is 17.4 Å². The van der Waals surface area contributed by atoms with E-state index in [1.54, 1.807) is 7.11 Å². The lowest BCUT2D eigenvalue weighted by Crippen LogP contribution is -2.65. The fraction of sp³-hybridized carbons (Fsp3) is 0.667. The van der Waals surface area contributed by atoms with Gasteiger partial charge in [-0.2, -0.15) is 0 Å². The zero-order valence-corrected chi connectivity index (χ0v) is 12.8. The minimum atomic E-state index is 0.127. The molecule has 4 aliphatic carbocycles. The highest BCUT2D eigenvalue weighted by atomic mass is 16.5. The second kappa shape index (κ2) is 4.91. The van der Waals surface area contributed by atoms with Crippen molar-refractivity contribution in [2.24, 2.45) is 29.4 Å². The molecule has 0 amide bonds. The predicted molar refractivity (Wildman–Crippen MR) is 85.4 cm³/mol. The van der Waals surface area contributed by atoms with Crippen molar-refractivity contribution in [3.8, 4) is 5.75 Å². The van der Waals surface area contributed by atoms with Gasteiger partial charge in [0.05, 0.1) is 12.6 Å². The minimum absolute atomic E-state index is 0.127. The van der Waals surface area contributed by atoms with Crippen molar-refractivity contribution in [2.75, 3.05) is 19.0 Å². The Morgan fingerprint density at radius 2 is 1.62 bits per heavy atom. The quantitative estimate of drug-likeness (QED) is 0.893. The van der Waals surface area contributed by atoms with E-state index in [0.717, 1.165) is 36.0 Å². The van der Waals surface area contributed by atoms with Gasteiger partial charge in [-0.3, -0.25) is 0 Å². The summed E-state index contributed by atoms with van der Waals surface area (Å²) in [5.74, 6) is 4.39. The van der Waals surface area contributed by atoms with E-state index < -0.39 is 0 Å². The number of nitrogens with two attached hydrogens (primary N) is 1. The topological polar surface area (TPSA) is 47.3 Å². The van der Waals surface area contributed by atoms with Crippen LogP contribution in [0.1, 0.15) is 32.1 Å². The summed E-state index contributed by atoms with van der Waals surface area (Å²) in [7, 11) is 1.71. The molecule has 21 heavy (non-hydrogen) atoms. The average Bonchev–Trinajstić information content (AvgIpc) is 2.51. The van der Waals surface area contributed by atoms with Crippen molar-refractivity contribution < 1.29 is 4.74 Å². The molecule has 0 saturated heterocycles. The molecule has 0 heterocycles. The fourth-order valence-electron chi connectivity index (χ4n) is 5.56. The Balaban J connectivity index is 1.61. The Labute approximate surface area is 127 Å². The van der Waals surface area contributed by atoms with Gasteiger partial charge in [0.25, 0.3) is 0 Å². The van der Waals surface area contributed by atoms with Crippen LogP contribution in [0.5, 0.6) is 5.75 Å². The van der Waals surface area contributed by atoms with E-state index in [1.807, 2.05) is 12.1 Å². The van der Waals surface area contributed by atoms with Crippen molar-refractivity contribution in [3.63, 3.8) is 0 Å². The molecule has 1 aromatic carbocycles. The van der Waals surface area contributed by atoms with E-state index in [4.69, 9.17) is 10.5 Å². The summed E-state index contributed by atoms with van der Waals surface area (Å²) in [6, 6.07) is 8.31. The molecular weight excluding hydrogens is 260 g/mol. The number of ether oxygens (including phenoxy) is 1. The number of hydrogen-bond donors (Lipinski definition) is 2. The zero-order chi connectivity index (χ0) is 14.4. The van der Waals surface area contributed by atoms with E-state index in [1.165, 1.54) is 37.8 Å². The number of rotatable bonds is 4. The molecule has 0 aromatic heterocycles. The van der Waals surface area contributed by atoms with Crippen LogP contribution in [0.3, 0.4) is 0 Å². The molecule has 0 unspecified atom stereocenters. The summed E-state index contributed by atoms with van der Waals surface area (Å²) in [6.45, 7) is 0.758. The monoisotopic (exact) mass is 286 g/mol. The highest BCUT2D eigenvalue weighted by Crippen LogP contribution is 2.58. The van der Waals surface area contributed by atoms with Crippen LogP contribution in [-0.4, -0.2) is 19.2 Å². The number of methoxy groups -OCH3 is 1. The normalized spacial score (nSPS) is 40.3. The second-order valence-electron chi connectivity index (χ2n) is 7.40. The molecule has 5 rings (SSSR count). The standard InChI is InChI=1S/C18H26N2O/c1-21-17-4-2-16(3-5-17)20-18(11-19)14-7-12-6-13(9-14)10-15(18)8-12/h2-5,12-15,20H,6-11,19H2,1H3. The van der Waals surface area contributed by atoms with Crippen molar-refractivity contribution >= 4 is 5.69 Å². The van der Waals surface area contributed by atoms with E-state index >= 15 is 0 Å². The number of anilines is 1. The van der Waals surface area contributed by atoms with Crippen LogP contribution in [0, 0.1) is 23.7 Å². The Morgan fingerprint density at radius 1 is 1.05 bits per heavy atom. The maximum atomic E-state index is 6.31. The lowest BCUT2D eigenvalue weighted by molar-refractivity contribution is -0.0405. The van der Waals surface area contributed by atoms with Crippen LogP contribution >= 0.6 is 0 Å². The molecule has 0 atom stereocenters. The highest BCUT2D eigenvalue weighted by molar-refractivity contribution is 5.49. The maximum Gasteiger partial charge on any atom is 0.119 e. The van der Waals surface area contributed by atoms with Gasteiger partial charge in [-0.25, -0.2) is 0 Å². The molecular formula is C18H26N2O. The minimum Gasteiger partial charge on any atom is -0.497 e. The van der Waals surface area contributed by atoms with Crippen molar-refractivity contribution in [1.82, 2.24) is 0 Å². The molecule has 1 aromatic rings. The first kappa shape index (κ1) is 13.4. The van der Waals surface area contributed by atoms with E-state index in [9.17, 15) is 0 Å². The molecule has 114 valence electrons. The smallest absolute Gasteiger partial charge is 0.119 e. The lowest BCUT2D eigenvalue weighted by Gasteiger charge is -2.61. The first-order valence-electron chi connectivity index (χ1n) is 8.36. The summed E-state index contributed by atoms with van der Waals surface area (Å²) in [5, 5.41) is 3.86. The summed E-state index contributed by atoms with van der Waals surface area (Å²) in [6.07, 6.45) is 7.01. The molecule has 4 fully saturated rings. The summed E-state index contributed by atoms with van der Waals surface area (Å²) in [4.78, 5) is 0. The molecule has 0 spiro atoms. The molecule has 4 saturated carbocycles. The third-order valence-corrected chi connectivity index (χ3v) is 6.40. The molecule has 3 nitrogen and oxygen atoms in total. The average molecular weight is 286 g/mol. The van der Waals surface area contributed by atoms with Gasteiger partial charge >= 0.3 is 0 Å². The van der Waals surface area contributed by atoms with Gasteiger partial charge in [-0.1, -0.05) is 0 Å². The van der Waals surface area contributed by atoms with Crippen LogP contribution in [-0.2, 0) is 0 Å². The number of benzene rings is 1. The molecule has 4 aliphatic rings. The van der Waals surface area contributed by atoms with Gasteiger partial charge in [0.1, 0.15) is 5.75 Å². The number of nitrogens with one attached hydrogen (secondary N) is 1. The molecule has 4 bridgehead atoms. The van der Waals surface area contributed by atoms with E-state index in [0.29, 0.717) is 0 Å². The lowest BCUT2D eigenvalue weighted by atomic mass is 9.48. The van der Waals surface area contributed by atoms with Gasteiger partial charge in [0.15, 0.2) is 0 Å². The summed E-state index contributed by atoms with van der Waals surface area (Å²) < 4.78 is 5.25. The number of hydrogen-bond acceptors (Lipinski definition) is 3. The van der Waals surface area contributed by atoms with Crippen LogP contribution in [0.2, 0.25) is 0 Å². The van der Waals surface area contributed by atoms with Gasteiger partial charge < -0.3 is 15.8 Å². The second-order valence-corrected chi connectivity index (χ2v) is 7.40. The third-order valence-electron chi connectivity index (χ3n) is 6.40. The molecule has 3 N–H and O–H groups in total. The first-order chi connectivity index (χ1) is 10.2. The predicted octanol–water partition coefficient (Wildman–Crippen LogP) is 3.26. The Kier molecular flexibility index (Phi) is 3.14. The van der Waals surface area contributed by atoms with Gasteiger partial charge in [-0.15, -0.1) is 0 Å². The zero-order valence-electron chi connectivity index (χ0n) is 12.8. The fourth-order valence-corrected chi connectivity index (χ4v) is 5.56. The van der Waals surface area contributed by atoms with Gasteiger partial charge in [0.2, 0.25) is 0 Å². The molecule has 0 radical (unpaired) electrons. The SMILES string of the molecule is COc1ccc(NC2(CN)C3CC4CC(C3)CC2C4)cc1. The summed E-state index contributed by atoms with van der Waals surface area (Å²) in [5.41, 5.74) is 7.62. The van der Waals surface area contributed by atoms with Crippen LogP contribution in [0.4, 0.5) is 5.69 Å². The largest absolute Gasteiger partial charge is 0.497 e. The first-order valence-corrected chi connectivity index (χ1v) is 8.36. The van der Waals surface area contributed by atoms with E-state index in [-0.39, 0.29) is 5.54 Å². The highest BCUT2D eigenvalue weighted by Gasteiger charge is 2.56. The Bertz CT molecular complexity index is 482. The van der Waals surface area contributed by atoms with Crippen molar-refractivity contribution in [1.29, 1.82) is 0 Å². The van der Waals surface area contributed by atoms with Crippen molar-refractivity contribution in [2.45, 2.75) is 37.6 Å². The van der Waals surface area contributed by atoms with Crippen molar-refractivity contribution in [3.05, 3.63) is 24.3 Å². The Morgan fingerprint density at radius 3 is 2.10 bits per heavy atom. The van der Waals surface area contributed by atoms with Crippen LogP contribution < -0.4 is 15.8 Å². The third kappa shape index (κ3) is 2.05.